The first-order chi connectivity index (χ1) is 12.2. The Morgan fingerprint density at radius 2 is 1.96 bits per heavy atom. The van der Waals surface area contributed by atoms with E-state index in [0.29, 0.717) is 19.0 Å². The van der Waals surface area contributed by atoms with Crippen LogP contribution in [0.5, 0.6) is 11.6 Å². The molecule has 0 bridgehead atoms. The molecule has 3 rings (SSSR count). The molecule has 0 aliphatic carbocycles. The first kappa shape index (κ1) is 17.0. The molecular formula is C18H18F2N4O. The van der Waals surface area contributed by atoms with Crippen LogP contribution in [0.2, 0.25) is 0 Å². The van der Waals surface area contributed by atoms with E-state index in [4.69, 9.17) is 4.74 Å². The van der Waals surface area contributed by atoms with Crippen LogP contribution in [-0.4, -0.2) is 14.5 Å². The minimum absolute atomic E-state index is 0.195. The van der Waals surface area contributed by atoms with Gasteiger partial charge in [0.15, 0.2) is 11.6 Å². The molecular weight excluding hydrogens is 326 g/mol. The minimum Gasteiger partial charge on any atom is -0.439 e. The van der Waals surface area contributed by atoms with Gasteiger partial charge in [0.05, 0.1) is 6.54 Å². The molecule has 7 heteroatoms. The van der Waals surface area contributed by atoms with Crippen molar-refractivity contribution in [2.75, 3.05) is 0 Å². The Labute approximate surface area is 144 Å². The number of imidazole rings is 1. The van der Waals surface area contributed by atoms with Crippen LogP contribution in [0.25, 0.3) is 0 Å². The lowest BCUT2D eigenvalue weighted by Crippen LogP contribution is -2.17. The Morgan fingerprint density at radius 3 is 2.76 bits per heavy atom. The third kappa shape index (κ3) is 4.19. The van der Waals surface area contributed by atoms with Crippen LogP contribution in [-0.2, 0) is 19.6 Å². The summed E-state index contributed by atoms with van der Waals surface area (Å²) in [5.74, 6) is -0.393. The van der Waals surface area contributed by atoms with Gasteiger partial charge in [-0.1, -0.05) is 6.07 Å². The molecule has 0 radical (unpaired) electrons. The number of hydrogen-bond acceptors (Lipinski definition) is 4. The summed E-state index contributed by atoms with van der Waals surface area (Å²) in [6.07, 6.45) is 5.28. The number of nitrogens with zero attached hydrogens (tertiary/aromatic N) is 3. The molecule has 2 aromatic heterocycles. The van der Waals surface area contributed by atoms with Gasteiger partial charge in [0.25, 0.3) is 0 Å². The third-order valence-electron chi connectivity index (χ3n) is 3.70. The van der Waals surface area contributed by atoms with E-state index in [1.807, 2.05) is 12.3 Å². The summed E-state index contributed by atoms with van der Waals surface area (Å²) in [6, 6.07) is 7.04. The number of aryl methyl sites for hydroxylation is 1. The molecule has 3 aromatic rings. The second kappa shape index (κ2) is 7.85. The smallest absolute Gasteiger partial charge is 0.223 e. The molecule has 5 nitrogen and oxygen atoms in total. The van der Waals surface area contributed by atoms with Crippen LogP contribution < -0.4 is 10.1 Å². The number of rotatable bonds is 7. The van der Waals surface area contributed by atoms with E-state index in [-0.39, 0.29) is 5.75 Å². The van der Waals surface area contributed by atoms with E-state index in [2.05, 4.69) is 26.8 Å². The van der Waals surface area contributed by atoms with Gasteiger partial charge in [-0.3, -0.25) is 0 Å². The lowest BCUT2D eigenvalue weighted by molar-refractivity contribution is 0.439. The van der Waals surface area contributed by atoms with Crippen LogP contribution >= 0.6 is 0 Å². The predicted molar refractivity (Wildman–Crippen MR) is 89.1 cm³/mol. The Morgan fingerprint density at radius 1 is 1.08 bits per heavy atom. The van der Waals surface area contributed by atoms with Crippen LogP contribution in [0, 0.1) is 11.6 Å². The fourth-order valence-electron chi connectivity index (χ4n) is 2.41. The van der Waals surface area contributed by atoms with Crippen LogP contribution in [0.1, 0.15) is 18.3 Å². The van der Waals surface area contributed by atoms with E-state index in [1.54, 1.807) is 18.5 Å². The van der Waals surface area contributed by atoms with Crippen molar-refractivity contribution in [3.63, 3.8) is 0 Å². The van der Waals surface area contributed by atoms with Gasteiger partial charge < -0.3 is 14.6 Å². The molecule has 130 valence electrons. The van der Waals surface area contributed by atoms with Crippen molar-refractivity contribution in [2.24, 2.45) is 0 Å². The molecule has 0 saturated carbocycles. The number of nitrogens with one attached hydrogen (secondary N) is 1. The van der Waals surface area contributed by atoms with Crippen molar-refractivity contribution in [1.82, 2.24) is 19.9 Å². The van der Waals surface area contributed by atoms with Gasteiger partial charge in [-0.2, -0.15) is 0 Å². The lowest BCUT2D eigenvalue weighted by Gasteiger charge is -2.11. The van der Waals surface area contributed by atoms with E-state index < -0.39 is 11.6 Å². The summed E-state index contributed by atoms with van der Waals surface area (Å²) >= 11 is 0. The standard InChI is InChI=1S/C18H18F2N4O/c1-2-24-9-8-22-17(24)12-21-11-13-4-3-7-23-18(13)25-14-5-6-15(19)16(20)10-14/h3-10,21H,2,11-12H2,1H3. The quantitative estimate of drug-likeness (QED) is 0.711. The number of ether oxygens (including phenoxy) is 1. The van der Waals surface area contributed by atoms with Gasteiger partial charge in [0.2, 0.25) is 5.88 Å². The molecule has 2 heterocycles. The molecule has 1 aromatic carbocycles. The van der Waals surface area contributed by atoms with Gasteiger partial charge in [-0.05, 0) is 25.1 Å². The summed E-state index contributed by atoms with van der Waals surface area (Å²) in [4.78, 5) is 8.48. The number of pyridine rings is 1. The van der Waals surface area contributed by atoms with Crippen molar-refractivity contribution in [3.8, 4) is 11.6 Å². The van der Waals surface area contributed by atoms with Crippen molar-refractivity contribution in [1.29, 1.82) is 0 Å². The van der Waals surface area contributed by atoms with Crippen molar-refractivity contribution >= 4 is 0 Å². The largest absolute Gasteiger partial charge is 0.439 e. The second-order valence-electron chi connectivity index (χ2n) is 5.38. The Balaban J connectivity index is 1.67. The summed E-state index contributed by atoms with van der Waals surface area (Å²) in [5, 5.41) is 3.29. The minimum atomic E-state index is -0.959. The molecule has 0 atom stereocenters. The maximum atomic E-state index is 13.3. The van der Waals surface area contributed by atoms with Gasteiger partial charge in [-0.15, -0.1) is 0 Å². The zero-order valence-electron chi connectivity index (χ0n) is 13.7. The zero-order chi connectivity index (χ0) is 17.6. The second-order valence-corrected chi connectivity index (χ2v) is 5.38. The monoisotopic (exact) mass is 344 g/mol. The number of halogens is 2. The highest BCUT2D eigenvalue weighted by molar-refractivity contribution is 5.32. The molecule has 25 heavy (non-hydrogen) atoms. The van der Waals surface area contributed by atoms with Gasteiger partial charge in [0, 0.05) is 43.3 Å². The Hall–Kier alpha value is -2.80. The molecule has 1 N–H and O–H groups in total. The predicted octanol–water partition coefficient (Wildman–Crippen LogP) is 3.66. The highest BCUT2D eigenvalue weighted by atomic mass is 19.2. The van der Waals surface area contributed by atoms with Crippen molar-refractivity contribution < 1.29 is 13.5 Å². The average molecular weight is 344 g/mol. The SMILES string of the molecule is CCn1ccnc1CNCc1cccnc1Oc1ccc(F)c(F)c1. The zero-order valence-corrected chi connectivity index (χ0v) is 13.7. The Kier molecular flexibility index (Phi) is 5.35. The van der Waals surface area contributed by atoms with E-state index in [1.165, 1.54) is 6.07 Å². The van der Waals surface area contributed by atoms with Crippen molar-refractivity contribution in [2.45, 2.75) is 26.6 Å². The maximum absolute atomic E-state index is 13.3. The molecule has 0 amide bonds. The van der Waals surface area contributed by atoms with Crippen molar-refractivity contribution in [3.05, 3.63) is 71.9 Å². The van der Waals surface area contributed by atoms with Gasteiger partial charge in [-0.25, -0.2) is 18.7 Å². The molecule has 0 spiro atoms. The third-order valence-corrected chi connectivity index (χ3v) is 3.70. The number of benzene rings is 1. The fraction of sp³-hybridized carbons (Fsp3) is 0.222. The van der Waals surface area contributed by atoms with Crippen LogP contribution in [0.4, 0.5) is 8.78 Å². The average Bonchev–Trinajstić information content (AvgIpc) is 3.07. The lowest BCUT2D eigenvalue weighted by atomic mass is 10.2. The van der Waals surface area contributed by atoms with E-state index in [9.17, 15) is 8.78 Å². The summed E-state index contributed by atoms with van der Waals surface area (Å²) in [7, 11) is 0. The topological polar surface area (TPSA) is 52.0 Å². The molecule has 0 aliphatic heterocycles. The first-order valence-electron chi connectivity index (χ1n) is 7.95. The first-order valence-corrected chi connectivity index (χ1v) is 7.95. The molecule has 0 saturated heterocycles. The summed E-state index contributed by atoms with van der Waals surface area (Å²) < 4.78 is 34.0. The van der Waals surface area contributed by atoms with Crippen LogP contribution in [0.3, 0.4) is 0 Å². The van der Waals surface area contributed by atoms with E-state index >= 15 is 0 Å². The van der Waals surface area contributed by atoms with Gasteiger partial charge >= 0.3 is 0 Å². The highest BCUT2D eigenvalue weighted by Crippen LogP contribution is 2.24. The fourth-order valence-corrected chi connectivity index (χ4v) is 2.41. The van der Waals surface area contributed by atoms with Gasteiger partial charge in [0.1, 0.15) is 11.6 Å². The van der Waals surface area contributed by atoms with E-state index in [0.717, 1.165) is 30.1 Å². The summed E-state index contributed by atoms with van der Waals surface area (Å²) in [6.45, 7) is 4.01. The van der Waals surface area contributed by atoms with Crippen LogP contribution in [0.15, 0.2) is 48.9 Å². The maximum Gasteiger partial charge on any atom is 0.223 e. The Bertz CT molecular complexity index is 851. The highest BCUT2D eigenvalue weighted by Gasteiger charge is 2.09. The number of aromatic nitrogens is 3. The summed E-state index contributed by atoms with van der Waals surface area (Å²) in [5.41, 5.74) is 0.807. The normalized spacial score (nSPS) is 10.8. The molecule has 0 unspecified atom stereocenters. The molecule has 0 aliphatic rings. The number of hydrogen-bond donors (Lipinski definition) is 1. The molecule has 0 fully saturated rings.